The number of amides is 2. The Morgan fingerprint density at radius 2 is 1.90 bits per heavy atom. The molecule has 6 heteroatoms. The molecule has 6 nitrogen and oxygen atoms in total. The van der Waals surface area contributed by atoms with Gasteiger partial charge in [0.2, 0.25) is 5.91 Å². The lowest BCUT2D eigenvalue weighted by atomic mass is 10.1. The first kappa shape index (κ1) is 20.6. The Morgan fingerprint density at radius 3 is 2.66 bits per heavy atom. The molecule has 0 saturated carbocycles. The summed E-state index contributed by atoms with van der Waals surface area (Å²) < 4.78 is 1.96. The number of hydrogen-bond acceptors (Lipinski definition) is 3. The number of carbonyl (C=O) groups excluding carboxylic acids is 2. The second kappa shape index (κ2) is 9.37. The van der Waals surface area contributed by atoms with Crippen LogP contribution in [0.25, 0.3) is 11.0 Å². The van der Waals surface area contributed by atoms with Crippen molar-refractivity contribution in [2.45, 2.75) is 52.7 Å². The summed E-state index contributed by atoms with van der Waals surface area (Å²) in [5.74, 6) is 0.715. The highest BCUT2D eigenvalue weighted by atomic mass is 16.2. The Balaban J connectivity index is 1.64. The van der Waals surface area contributed by atoms with Crippen LogP contribution in [0.2, 0.25) is 0 Å². The topological polar surface area (TPSA) is 76.0 Å². The Kier molecular flexibility index (Phi) is 6.65. The minimum atomic E-state index is -0.0926. The lowest BCUT2D eigenvalue weighted by Crippen LogP contribution is -2.32. The van der Waals surface area contributed by atoms with Crippen LogP contribution in [0, 0.1) is 0 Å². The van der Waals surface area contributed by atoms with Crippen molar-refractivity contribution in [2.75, 3.05) is 0 Å². The second-order valence-electron chi connectivity index (χ2n) is 7.22. The lowest BCUT2D eigenvalue weighted by Gasteiger charge is -2.12. The van der Waals surface area contributed by atoms with Crippen LogP contribution in [0.15, 0.2) is 48.5 Å². The van der Waals surface area contributed by atoms with Crippen molar-refractivity contribution in [3.63, 3.8) is 0 Å². The van der Waals surface area contributed by atoms with E-state index in [9.17, 15) is 9.59 Å². The van der Waals surface area contributed by atoms with E-state index in [0.29, 0.717) is 12.1 Å². The zero-order valence-electron chi connectivity index (χ0n) is 17.2. The van der Waals surface area contributed by atoms with Crippen LogP contribution in [0.5, 0.6) is 0 Å². The second-order valence-corrected chi connectivity index (χ2v) is 7.22. The van der Waals surface area contributed by atoms with Crippen LogP contribution >= 0.6 is 0 Å². The zero-order chi connectivity index (χ0) is 20.8. The van der Waals surface area contributed by atoms with E-state index in [2.05, 4.69) is 15.6 Å². The van der Waals surface area contributed by atoms with Gasteiger partial charge in [-0.25, -0.2) is 4.98 Å². The molecule has 1 aromatic heterocycles. The van der Waals surface area contributed by atoms with E-state index < -0.39 is 0 Å². The summed E-state index contributed by atoms with van der Waals surface area (Å²) in [5, 5.41) is 5.91. The maximum atomic E-state index is 12.6. The Labute approximate surface area is 171 Å². The summed E-state index contributed by atoms with van der Waals surface area (Å²) in [5.41, 5.74) is 3.35. The summed E-state index contributed by atoms with van der Waals surface area (Å²) in [7, 11) is 0. The van der Waals surface area contributed by atoms with Crippen LogP contribution in [-0.4, -0.2) is 27.4 Å². The number of fused-ring (bicyclic) bond motifs is 1. The number of aromatic nitrogens is 2. The maximum Gasteiger partial charge on any atom is 0.251 e. The van der Waals surface area contributed by atoms with Gasteiger partial charge in [-0.15, -0.1) is 0 Å². The summed E-state index contributed by atoms with van der Waals surface area (Å²) in [6, 6.07) is 15.3. The number of benzene rings is 2. The molecule has 0 fully saturated rings. The molecule has 3 aromatic rings. The van der Waals surface area contributed by atoms with Gasteiger partial charge in [0.25, 0.3) is 5.91 Å². The standard InChI is InChI=1S/C23H28N4O2/c1-4-16(3)25-23(29)18-10-8-9-17(13-18)14-24-22(28)15-27-20-12-7-6-11-19(20)26-21(27)5-2/h6-13,16H,4-5,14-15H2,1-3H3,(H,24,28)(H,25,29). The highest BCUT2D eigenvalue weighted by Crippen LogP contribution is 2.16. The number of rotatable bonds is 8. The average Bonchev–Trinajstić information content (AvgIpc) is 3.10. The lowest BCUT2D eigenvalue weighted by molar-refractivity contribution is -0.121. The maximum absolute atomic E-state index is 12.6. The third-order valence-electron chi connectivity index (χ3n) is 5.02. The van der Waals surface area contributed by atoms with Gasteiger partial charge in [0.15, 0.2) is 0 Å². The molecule has 1 heterocycles. The number of carbonyl (C=O) groups is 2. The molecule has 2 aromatic carbocycles. The first-order valence-electron chi connectivity index (χ1n) is 10.1. The summed E-state index contributed by atoms with van der Waals surface area (Å²) in [6.45, 7) is 6.64. The Bertz CT molecular complexity index is 1010. The van der Waals surface area contributed by atoms with Crippen LogP contribution in [0.3, 0.4) is 0 Å². The van der Waals surface area contributed by atoms with Crippen LogP contribution in [0.4, 0.5) is 0 Å². The highest BCUT2D eigenvalue weighted by Gasteiger charge is 2.13. The summed E-state index contributed by atoms with van der Waals surface area (Å²) >= 11 is 0. The minimum absolute atomic E-state index is 0.0858. The van der Waals surface area contributed by atoms with Gasteiger partial charge in [-0.1, -0.05) is 38.1 Å². The molecule has 0 saturated heterocycles. The normalized spacial score (nSPS) is 12.0. The third kappa shape index (κ3) is 5.02. The van der Waals surface area contributed by atoms with Crippen LogP contribution in [-0.2, 0) is 24.3 Å². The Hall–Kier alpha value is -3.15. The van der Waals surface area contributed by atoms with E-state index in [0.717, 1.165) is 35.3 Å². The third-order valence-corrected chi connectivity index (χ3v) is 5.02. The van der Waals surface area contributed by atoms with E-state index in [1.54, 1.807) is 6.07 Å². The minimum Gasteiger partial charge on any atom is -0.350 e. The van der Waals surface area contributed by atoms with E-state index >= 15 is 0 Å². The SMILES string of the molecule is CCc1nc2ccccc2n1CC(=O)NCc1cccc(C(=O)NC(C)CC)c1. The van der Waals surface area contributed by atoms with Gasteiger partial charge in [0, 0.05) is 24.6 Å². The Morgan fingerprint density at radius 1 is 1.10 bits per heavy atom. The number of nitrogens with one attached hydrogen (secondary N) is 2. The largest absolute Gasteiger partial charge is 0.350 e. The molecule has 0 radical (unpaired) electrons. The number of nitrogens with zero attached hydrogens (tertiary/aromatic N) is 2. The molecule has 3 rings (SSSR count). The average molecular weight is 393 g/mol. The molecular formula is C23H28N4O2. The van der Waals surface area contributed by atoms with Crippen LogP contribution in [0.1, 0.15) is 48.9 Å². The van der Waals surface area contributed by atoms with Gasteiger partial charge in [0.1, 0.15) is 12.4 Å². The molecule has 0 bridgehead atoms. The molecule has 0 aliphatic rings. The monoisotopic (exact) mass is 392 g/mol. The van der Waals surface area contributed by atoms with Crippen LogP contribution < -0.4 is 10.6 Å². The van der Waals surface area contributed by atoms with Crippen molar-refractivity contribution >= 4 is 22.8 Å². The first-order chi connectivity index (χ1) is 14.0. The quantitative estimate of drug-likeness (QED) is 0.617. The fourth-order valence-corrected chi connectivity index (χ4v) is 3.20. The number of hydrogen-bond donors (Lipinski definition) is 2. The molecular weight excluding hydrogens is 364 g/mol. The van der Waals surface area contributed by atoms with Gasteiger partial charge in [0.05, 0.1) is 11.0 Å². The van der Waals surface area contributed by atoms with Crippen molar-refractivity contribution in [1.29, 1.82) is 0 Å². The smallest absolute Gasteiger partial charge is 0.251 e. The number of aryl methyl sites for hydroxylation is 1. The van der Waals surface area contributed by atoms with E-state index in [4.69, 9.17) is 0 Å². The zero-order valence-corrected chi connectivity index (χ0v) is 17.2. The van der Waals surface area contributed by atoms with Crippen molar-refractivity contribution in [3.05, 3.63) is 65.5 Å². The van der Waals surface area contributed by atoms with Gasteiger partial charge >= 0.3 is 0 Å². The van der Waals surface area contributed by atoms with E-state index in [1.165, 1.54) is 0 Å². The van der Waals surface area contributed by atoms with Crippen molar-refractivity contribution < 1.29 is 9.59 Å². The molecule has 2 amide bonds. The fourth-order valence-electron chi connectivity index (χ4n) is 3.20. The predicted molar refractivity (Wildman–Crippen MR) is 115 cm³/mol. The summed E-state index contributed by atoms with van der Waals surface area (Å²) in [6.07, 6.45) is 1.64. The molecule has 2 N–H and O–H groups in total. The molecule has 152 valence electrons. The number of para-hydroxylation sites is 2. The molecule has 0 aliphatic carbocycles. The van der Waals surface area contributed by atoms with E-state index in [-0.39, 0.29) is 24.4 Å². The molecule has 1 atom stereocenters. The van der Waals surface area contributed by atoms with Crippen molar-refractivity contribution in [2.24, 2.45) is 0 Å². The molecule has 0 spiro atoms. The predicted octanol–water partition coefficient (Wildman–Crippen LogP) is 3.44. The van der Waals surface area contributed by atoms with Crippen molar-refractivity contribution in [3.8, 4) is 0 Å². The van der Waals surface area contributed by atoms with Gasteiger partial charge in [-0.05, 0) is 43.2 Å². The van der Waals surface area contributed by atoms with Crippen molar-refractivity contribution in [1.82, 2.24) is 20.2 Å². The first-order valence-corrected chi connectivity index (χ1v) is 10.1. The molecule has 0 aliphatic heterocycles. The fraction of sp³-hybridized carbons (Fsp3) is 0.348. The molecule has 29 heavy (non-hydrogen) atoms. The summed E-state index contributed by atoms with van der Waals surface area (Å²) in [4.78, 5) is 29.5. The highest BCUT2D eigenvalue weighted by molar-refractivity contribution is 5.94. The van der Waals surface area contributed by atoms with Gasteiger partial charge in [-0.3, -0.25) is 9.59 Å². The number of imidazole rings is 1. The molecule has 1 unspecified atom stereocenters. The van der Waals surface area contributed by atoms with E-state index in [1.807, 2.05) is 67.8 Å². The van der Waals surface area contributed by atoms with Gasteiger partial charge < -0.3 is 15.2 Å². The van der Waals surface area contributed by atoms with Gasteiger partial charge in [-0.2, -0.15) is 0 Å².